The number of hydrogen-bond acceptors (Lipinski definition) is 4. The van der Waals surface area contributed by atoms with Crippen LogP contribution in [0, 0.1) is 0 Å². The third-order valence-electron chi connectivity index (χ3n) is 3.99. The molecule has 0 saturated heterocycles. The Bertz CT molecular complexity index is 910. The zero-order valence-corrected chi connectivity index (χ0v) is 13.9. The molecule has 1 aliphatic heterocycles. The van der Waals surface area contributed by atoms with E-state index in [-0.39, 0.29) is 11.9 Å². The summed E-state index contributed by atoms with van der Waals surface area (Å²) in [6.07, 6.45) is 1.56. The molecule has 0 spiro atoms. The molecule has 4 nitrogen and oxygen atoms in total. The van der Waals surface area contributed by atoms with Gasteiger partial charge in [-0.1, -0.05) is 41.9 Å². The Labute approximate surface area is 150 Å². The van der Waals surface area contributed by atoms with Crippen LogP contribution >= 0.6 is 11.6 Å². The largest absolute Gasteiger partial charge is 0.484 e. The minimum absolute atomic E-state index is 0.0614. The molecule has 3 aromatic rings. The summed E-state index contributed by atoms with van der Waals surface area (Å²) in [4.78, 5) is 16.5. The van der Waals surface area contributed by atoms with Gasteiger partial charge in [-0.2, -0.15) is 0 Å². The number of fused-ring (bicyclic) bond motifs is 1. The van der Waals surface area contributed by atoms with Crippen LogP contribution < -0.4 is 9.47 Å². The van der Waals surface area contributed by atoms with E-state index in [0.29, 0.717) is 34.4 Å². The Hall–Kier alpha value is -2.85. The highest BCUT2D eigenvalue weighted by molar-refractivity contribution is 6.30. The van der Waals surface area contributed by atoms with Crippen LogP contribution in [0.3, 0.4) is 0 Å². The first-order chi connectivity index (χ1) is 12.2. The van der Waals surface area contributed by atoms with Gasteiger partial charge in [-0.25, -0.2) is 4.98 Å². The second kappa shape index (κ2) is 6.57. The highest BCUT2D eigenvalue weighted by Crippen LogP contribution is 2.37. The zero-order valence-electron chi connectivity index (χ0n) is 13.2. The summed E-state index contributed by atoms with van der Waals surface area (Å²) in [6.45, 7) is 0. The van der Waals surface area contributed by atoms with Crippen molar-refractivity contribution in [3.63, 3.8) is 0 Å². The normalized spacial score (nSPS) is 16.0. The first-order valence-corrected chi connectivity index (χ1v) is 8.25. The smallest absolute Gasteiger partial charge is 0.219 e. The lowest BCUT2D eigenvalue weighted by molar-refractivity contribution is 0.0849. The molecule has 0 bridgehead atoms. The third kappa shape index (κ3) is 3.35. The van der Waals surface area contributed by atoms with Gasteiger partial charge in [0.25, 0.3) is 0 Å². The summed E-state index contributed by atoms with van der Waals surface area (Å²) in [5.41, 5.74) is 1.55. The number of hydrogen-bond donors (Lipinski definition) is 0. The van der Waals surface area contributed by atoms with Crippen molar-refractivity contribution < 1.29 is 14.3 Å². The number of carbonyl (C=O) groups excluding carboxylic acids is 1. The summed E-state index contributed by atoms with van der Waals surface area (Å²) < 4.78 is 11.8. The minimum Gasteiger partial charge on any atom is -0.484 e. The molecule has 0 radical (unpaired) electrons. The lowest BCUT2D eigenvalue weighted by Gasteiger charge is -2.25. The van der Waals surface area contributed by atoms with E-state index < -0.39 is 0 Å². The van der Waals surface area contributed by atoms with Crippen LogP contribution in [0.5, 0.6) is 17.4 Å². The van der Waals surface area contributed by atoms with Gasteiger partial charge in [-0.3, -0.25) is 4.79 Å². The molecule has 4 rings (SSSR count). The van der Waals surface area contributed by atoms with Crippen molar-refractivity contribution in [1.29, 1.82) is 0 Å². The number of Topliss-reactive ketones (excluding diaryl/α,β-unsaturated/α-hetero) is 1. The van der Waals surface area contributed by atoms with Crippen LogP contribution in [0.1, 0.15) is 28.4 Å². The fourth-order valence-electron chi connectivity index (χ4n) is 2.76. The van der Waals surface area contributed by atoms with Gasteiger partial charge in [-0.05, 0) is 23.8 Å². The minimum atomic E-state index is -0.287. The fraction of sp³-hybridized carbons (Fsp3) is 0.100. The summed E-state index contributed by atoms with van der Waals surface area (Å²) >= 11 is 5.82. The number of nitrogens with zero attached hydrogens (tertiary/aromatic N) is 1. The molecule has 0 saturated carbocycles. The topological polar surface area (TPSA) is 48.4 Å². The number of pyridine rings is 1. The predicted molar refractivity (Wildman–Crippen MR) is 94.5 cm³/mol. The molecule has 1 aromatic heterocycles. The van der Waals surface area contributed by atoms with Gasteiger partial charge < -0.3 is 9.47 Å². The van der Waals surface area contributed by atoms with Gasteiger partial charge in [-0.15, -0.1) is 0 Å². The maximum Gasteiger partial charge on any atom is 0.219 e. The van der Waals surface area contributed by atoms with Gasteiger partial charge in [0, 0.05) is 18.3 Å². The number of ketones is 1. The molecule has 1 atom stereocenters. The Balaban J connectivity index is 1.61. The van der Waals surface area contributed by atoms with Crippen LogP contribution in [0.15, 0.2) is 66.9 Å². The fourth-order valence-corrected chi connectivity index (χ4v) is 2.88. The van der Waals surface area contributed by atoms with E-state index in [1.807, 2.05) is 30.3 Å². The summed E-state index contributed by atoms with van der Waals surface area (Å²) in [7, 11) is 0. The standard InChI is InChI=1S/C20H14ClNO3/c21-14-6-9-20(22-12-14)24-15-7-8-16-17(23)11-18(25-19(16)10-15)13-4-2-1-3-5-13/h1-10,12,18H,11H2. The van der Waals surface area contributed by atoms with E-state index >= 15 is 0 Å². The molecule has 0 fully saturated rings. The van der Waals surface area contributed by atoms with Crippen LogP contribution in [0.2, 0.25) is 5.02 Å². The Morgan fingerprint density at radius 2 is 1.92 bits per heavy atom. The highest BCUT2D eigenvalue weighted by atomic mass is 35.5. The molecular formula is C20H14ClNO3. The van der Waals surface area contributed by atoms with Gasteiger partial charge in [0.15, 0.2) is 5.78 Å². The number of aromatic nitrogens is 1. The summed E-state index contributed by atoms with van der Waals surface area (Å²) in [5, 5.41) is 0.539. The van der Waals surface area contributed by atoms with Gasteiger partial charge in [0.1, 0.15) is 17.6 Å². The molecular weight excluding hydrogens is 338 g/mol. The molecule has 25 heavy (non-hydrogen) atoms. The number of ether oxygens (including phenoxy) is 2. The van der Waals surface area contributed by atoms with Crippen LogP contribution in [0.25, 0.3) is 0 Å². The Morgan fingerprint density at radius 3 is 2.68 bits per heavy atom. The van der Waals surface area contributed by atoms with E-state index in [4.69, 9.17) is 21.1 Å². The molecule has 0 amide bonds. The van der Waals surface area contributed by atoms with Crippen molar-refractivity contribution in [2.24, 2.45) is 0 Å². The quantitative estimate of drug-likeness (QED) is 0.648. The van der Waals surface area contributed by atoms with Crippen molar-refractivity contribution >= 4 is 17.4 Å². The zero-order chi connectivity index (χ0) is 17.2. The molecule has 0 aliphatic carbocycles. The van der Waals surface area contributed by atoms with E-state index in [2.05, 4.69) is 4.98 Å². The van der Waals surface area contributed by atoms with E-state index in [1.54, 1.807) is 30.3 Å². The van der Waals surface area contributed by atoms with Crippen LogP contribution in [-0.4, -0.2) is 10.8 Å². The predicted octanol–water partition coefficient (Wildman–Crippen LogP) is 5.23. The van der Waals surface area contributed by atoms with E-state index in [9.17, 15) is 4.79 Å². The van der Waals surface area contributed by atoms with Crippen LogP contribution in [-0.2, 0) is 0 Å². The van der Waals surface area contributed by atoms with E-state index in [1.165, 1.54) is 6.20 Å². The molecule has 1 unspecified atom stereocenters. The van der Waals surface area contributed by atoms with Crippen molar-refractivity contribution in [3.05, 3.63) is 83.0 Å². The molecule has 0 N–H and O–H groups in total. The average Bonchev–Trinajstić information content (AvgIpc) is 2.64. The molecule has 2 aromatic carbocycles. The number of rotatable bonds is 3. The number of benzene rings is 2. The second-order valence-corrected chi connectivity index (χ2v) is 6.16. The highest BCUT2D eigenvalue weighted by Gasteiger charge is 2.28. The van der Waals surface area contributed by atoms with Gasteiger partial charge >= 0.3 is 0 Å². The maximum absolute atomic E-state index is 12.4. The lowest BCUT2D eigenvalue weighted by atomic mass is 9.96. The molecule has 124 valence electrons. The molecule has 2 heterocycles. The first-order valence-electron chi connectivity index (χ1n) is 7.87. The maximum atomic E-state index is 12.4. The monoisotopic (exact) mass is 351 g/mol. The number of carbonyl (C=O) groups is 1. The van der Waals surface area contributed by atoms with Crippen molar-refractivity contribution in [2.45, 2.75) is 12.5 Å². The molecule has 5 heteroatoms. The van der Waals surface area contributed by atoms with Crippen molar-refractivity contribution in [3.8, 4) is 17.4 Å². The van der Waals surface area contributed by atoms with Crippen LogP contribution in [0.4, 0.5) is 0 Å². The van der Waals surface area contributed by atoms with Crippen molar-refractivity contribution in [2.75, 3.05) is 0 Å². The number of halogens is 1. The third-order valence-corrected chi connectivity index (χ3v) is 4.21. The lowest BCUT2D eigenvalue weighted by Crippen LogP contribution is -2.20. The average molecular weight is 352 g/mol. The van der Waals surface area contributed by atoms with E-state index in [0.717, 1.165) is 5.56 Å². The first kappa shape index (κ1) is 15.7. The summed E-state index contributed by atoms with van der Waals surface area (Å²) in [6, 6.07) is 18.3. The van der Waals surface area contributed by atoms with Gasteiger partial charge in [0.05, 0.1) is 17.0 Å². The second-order valence-electron chi connectivity index (χ2n) is 5.72. The van der Waals surface area contributed by atoms with Gasteiger partial charge in [0.2, 0.25) is 5.88 Å². The Kier molecular flexibility index (Phi) is 4.12. The Morgan fingerprint density at radius 1 is 1.08 bits per heavy atom. The SMILES string of the molecule is O=C1CC(c2ccccc2)Oc2cc(Oc3ccc(Cl)cn3)ccc21. The van der Waals surface area contributed by atoms with Crippen molar-refractivity contribution in [1.82, 2.24) is 4.98 Å². The summed E-state index contributed by atoms with van der Waals surface area (Å²) in [5.74, 6) is 1.56. The molecule has 1 aliphatic rings.